The minimum Gasteiger partial charge on any atom is -0.493 e. The number of ether oxygens (including phenoxy) is 1. The molecule has 1 atom stereocenters. The molecule has 0 aromatic heterocycles. The van der Waals surface area contributed by atoms with Gasteiger partial charge in [-0.15, -0.1) is 24.8 Å². The van der Waals surface area contributed by atoms with E-state index in [4.69, 9.17) is 4.74 Å². The molecule has 0 aliphatic carbocycles. The summed E-state index contributed by atoms with van der Waals surface area (Å²) in [6, 6.07) is 7.03. The maximum Gasteiger partial charge on any atom is 0.133 e. The lowest BCUT2D eigenvalue weighted by Crippen LogP contribution is -2.37. The van der Waals surface area contributed by atoms with Crippen LogP contribution in [0.5, 0.6) is 5.75 Å². The molecule has 1 unspecified atom stereocenters. The molecule has 128 valence electrons. The van der Waals surface area contributed by atoms with Gasteiger partial charge in [0.15, 0.2) is 0 Å². The second kappa shape index (κ2) is 11.5. The van der Waals surface area contributed by atoms with Crippen LogP contribution in [0.15, 0.2) is 22.7 Å². The van der Waals surface area contributed by atoms with E-state index in [9.17, 15) is 0 Å². The Morgan fingerprint density at radius 1 is 1.32 bits per heavy atom. The Balaban J connectivity index is 0.00000220. The molecular weight excluding hydrogens is 387 g/mol. The Hall–Kier alpha value is -0.000000000000000111. The highest BCUT2D eigenvalue weighted by molar-refractivity contribution is 9.10. The van der Waals surface area contributed by atoms with Gasteiger partial charge in [0.1, 0.15) is 5.75 Å². The fourth-order valence-electron chi connectivity index (χ4n) is 2.85. The minimum absolute atomic E-state index is 0. The molecule has 1 saturated heterocycles. The van der Waals surface area contributed by atoms with Crippen molar-refractivity contribution in [1.82, 2.24) is 10.2 Å². The van der Waals surface area contributed by atoms with Crippen LogP contribution in [0.3, 0.4) is 0 Å². The fourth-order valence-corrected chi connectivity index (χ4v) is 3.39. The standard InChI is InChI=1S/C16H25BrN2O.2ClH/c1-3-19-9-5-6-14(19)12-18-11-13-7-8-16(20-4-2)15(17)10-13;;/h7-8,10,14,18H,3-6,9,11-12H2,1-2H3;2*1H. The number of nitrogens with zero attached hydrogens (tertiary/aromatic N) is 1. The van der Waals surface area contributed by atoms with E-state index in [1.54, 1.807) is 0 Å². The summed E-state index contributed by atoms with van der Waals surface area (Å²) >= 11 is 3.57. The highest BCUT2D eigenvalue weighted by Crippen LogP contribution is 2.26. The van der Waals surface area contributed by atoms with E-state index in [2.05, 4.69) is 45.2 Å². The van der Waals surface area contributed by atoms with Crippen LogP contribution in [-0.4, -0.2) is 37.2 Å². The van der Waals surface area contributed by atoms with Crippen LogP contribution in [0, 0.1) is 0 Å². The van der Waals surface area contributed by atoms with Crippen LogP contribution < -0.4 is 10.1 Å². The molecule has 0 bridgehead atoms. The first-order valence-corrected chi connectivity index (χ1v) is 8.39. The molecule has 1 fully saturated rings. The molecule has 1 aliphatic heterocycles. The Kier molecular flexibility index (Phi) is 11.5. The van der Waals surface area contributed by atoms with Crippen LogP contribution >= 0.6 is 40.7 Å². The third-order valence-corrected chi connectivity index (χ3v) is 4.53. The van der Waals surface area contributed by atoms with Crippen molar-refractivity contribution in [2.45, 2.75) is 39.3 Å². The number of benzene rings is 1. The predicted octanol–water partition coefficient (Wildman–Crippen LogP) is 4.27. The quantitative estimate of drug-likeness (QED) is 0.722. The normalized spacial score (nSPS) is 17.7. The summed E-state index contributed by atoms with van der Waals surface area (Å²) in [5.41, 5.74) is 1.29. The summed E-state index contributed by atoms with van der Waals surface area (Å²) in [6.07, 6.45) is 2.67. The van der Waals surface area contributed by atoms with E-state index in [0.29, 0.717) is 12.6 Å². The smallest absolute Gasteiger partial charge is 0.133 e. The summed E-state index contributed by atoms with van der Waals surface area (Å²) in [4.78, 5) is 2.57. The predicted molar refractivity (Wildman–Crippen MR) is 102 cm³/mol. The molecule has 0 saturated carbocycles. The second-order valence-corrected chi connectivity index (χ2v) is 6.11. The molecule has 1 heterocycles. The number of nitrogens with one attached hydrogen (secondary N) is 1. The molecule has 6 heteroatoms. The molecule has 3 nitrogen and oxygen atoms in total. The van der Waals surface area contributed by atoms with Crippen LogP contribution in [-0.2, 0) is 6.54 Å². The lowest BCUT2D eigenvalue weighted by molar-refractivity contribution is 0.260. The number of halogens is 3. The van der Waals surface area contributed by atoms with E-state index in [0.717, 1.165) is 23.3 Å². The SMILES string of the molecule is CCOc1ccc(CNCC2CCCN2CC)cc1Br.Cl.Cl. The van der Waals surface area contributed by atoms with E-state index in [1.165, 1.54) is 31.5 Å². The molecule has 1 N–H and O–H groups in total. The molecule has 0 amide bonds. The molecule has 1 aromatic carbocycles. The van der Waals surface area contributed by atoms with E-state index in [-0.39, 0.29) is 24.8 Å². The first-order chi connectivity index (χ1) is 9.74. The fraction of sp³-hybridized carbons (Fsp3) is 0.625. The summed E-state index contributed by atoms with van der Waals surface area (Å²) < 4.78 is 6.57. The van der Waals surface area contributed by atoms with E-state index >= 15 is 0 Å². The highest BCUT2D eigenvalue weighted by Gasteiger charge is 2.21. The minimum atomic E-state index is 0. The van der Waals surface area contributed by atoms with Crippen LogP contribution in [0.1, 0.15) is 32.3 Å². The van der Waals surface area contributed by atoms with Gasteiger partial charge in [0.2, 0.25) is 0 Å². The third kappa shape index (κ3) is 6.25. The average molecular weight is 414 g/mol. The van der Waals surface area contributed by atoms with Gasteiger partial charge in [0.05, 0.1) is 11.1 Å². The molecule has 22 heavy (non-hydrogen) atoms. The van der Waals surface area contributed by atoms with Crippen molar-refractivity contribution in [3.05, 3.63) is 28.2 Å². The summed E-state index contributed by atoms with van der Waals surface area (Å²) in [7, 11) is 0. The van der Waals surface area contributed by atoms with Gasteiger partial charge >= 0.3 is 0 Å². The monoisotopic (exact) mass is 412 g/mol. The van der Waals surface area contributed by atoms with Crippen molar-refractivity contribution in [1.29, 1.82) is 0 Å². The number of likely N-dealkylation sites (tertiary alicyclic amines) is 1. The summed E-state index contributed by atoms with van der Waals surface area (Å²) in [5, 5.41) is 3.58. The first-order valence-electron chi connectivity index (χ1n) is 7.60. The molecule has 0 radical (unpaired) electrons. The number of hydrogen-bond donors (Lipinski definition) is 1. The number of hydrogen-bond acceptors (Lipinski definition) is 3. The zero-order valence-electron chi connectivity index (χ0n) is 13.3. The maximum absolute atomic E-state index is 5.53. The first kappa shape index (κ1) is 22.0. The molecule has 0 spiro atoms. The van der Waals surface area contributed by atoms with Gasteiger partial charge in [0, 0.05) is 19.1 Å². The van der Waals surface area contributed by atoms with Crippen molar-refractivity contribution >= 4 is 40.7 Å². The van der Waals surface area contributed by atoms with Crippen molar-refractivity contribution < 1.29 is 4.74 Å². The van der Waals surface area contributed by atoms with Gasteiger partial charge in [0.25, 0.3) is 0 Å². The van der Waals surface area contributed by atoms with Gasteiger partial charge in [-0.2, -0.15) is 0 Å². The van der Waals surface area contributed by atoms with Gasteiger partial charge in [-0.3, -0.25) is 4.90 Å². The molecule has 2 rings (SSSR count). The Bertz CT molecular complexity index is 435. The zero-order chi connectivity index (χ0) is 14.4. The van der Waals surface area contributed by atoms with Crippen molar-refractivity contribution in [3.63, 3.8) is 0 Å². The third-order valence-electron chi connectivity index (χ3n) is 3.91. The Morgan fingerprint density at radius 2 is 2.09 bits per heavy atom. The summed E-state index contributed by atoms with van der Waals surface area (Å²) in [5.74, 6) is 0.921. The lowest BCUT2D eigenvalue weighted by atomic mass is 10.2. The largest absolute Gasteiger partial charge is 0.493 e. The van der Waals surface area contributed by atoms with Crippen molar-refractivity contribution in [2.24, 2.45) is 0 Å². The maximum atomic E-state index is 5.53. The van der Waals surface area contributed by atoms with Gasteiger partial charge < -0.3 is 10.1 Å². The number of rotatable bonds is 7. The zero-order valence-corrected chi connectivity index (χ0v) is 16.5. The molecular formula is C16H27BrCl2N2O. The van der Waals surface area contributed by atoms with Crippen LogP contribution in [0.25, 0.3) is 0 Å². The van der Waals surface area contributed by atoms with E-state index < -0.39 is 0 Å². The van der Waals surface area contributed by atoms with E-state index in [1.807, 2.05) is 13.0 Å². The number of likely N-dealkylation sites (N-methyl/N-ethyl adjacent to an activating group) is 1. The van der Waals surface area contributed by atoms with Crippen LogP contribution in [0.4, 0.5) is 0 Å². The molecule has 1 aromatic rings. The summed E-state index contributed by atoms with van der Waals surface area (Å²) in [6.45, 7) is 9.38. The van der Waals surface area contributed by atoms with Crippen molar-refractivity contribution in [3.8, 4) is 5.75 Å². The Morgan fingerprint density at radius 3 is 2.73 bits per heavy atom. The second-order valence-electron chi connectivity index (χ2n) is 5.25. The van der Waals surface area contributed by atoms with Gasteiger partial charge in [-0.05, 0) is 66.5 Å². The van der Waals surface area contributed by atoms with Gasteiger partial charge in [-0.1, -0.05) is 13.0 Å². The topological polar surface area (TPSA) is 24.5 Å². The van der Waals surface area contributed by atoms with Crippen molar-refractivity contribution in [2.75, 3.05) is 26.2 Å². The average Bonchev–Trinajstić information content (AvgIpc) is 2.89. The highest BCUT2D eigenvalue weighted by atomic mass is 79.9. The lowest BCUT2D eigenvalue weighted by Gasteiger charge is -2.23. The van der Waals surface area contributed by atoms with Crippen LogP contribution in [0.2, 0.25) is 0 Å². The van der Waals surface area contributed by atoms with Gasteiger partial charge in [-0.25, -0.2) is 0 Å². The Labute approximate surface area is 155 Å². The molecule has 1 aliphatic rings.